The molecule has 0 aliphatic heterocycles. The minimum Gasteiger partial charge on any atom is -0.313 e. The predicted molar refractivity (Wildman–Crippen MR) is 85.9 cm³/mol. The van der Waals surface area contributed by atoms with Crippen LogP contribution in [0.5, 0.6) is 0 Å². The zero-order valence-corrected chi connectivity index (χ0v) is 14.2. The summed E-state index contributed by atoms with van der Waals surface area (Å²) < 4.78 is 28.2. The highest BCUT2D eigenvalue weighted by Crippen LogP contribution is 2.33. The first-order valence-corrected chi connectivity index (χ1v) is 9.10. The lowest BCUT2D eigenvalue weighted by Gasteiger charge is -2.38. The predicted octanol–water partition coefficient (Wildman–Crippen LogP) is 2.63. The Bertz CT molecular complexity index is 619. The van der Waals surface area contributed by atoms with Gasteiger partial charge in [0.25, 0.3) is 0 Å². The van der Waals surface area contributed by atoms with Crippen LogP contribution in [-0.2, 0) is 16.6 Å². The van der Waals surface area contributed by atoms with Gasteiger partial charge < -0.3 is 5.32 Å². The van der Waals surface area contributed by atoms with Gasteiger partial charge in [0.15, 0.2) is 0 Å². The number of hydrogen-bond acceptors (Lipinski definition) is 3. The van der Waals surface area contributed by atoms with Crippen molar-refractivity contribution in [2.24, 2.45) is 0 Å². The van der Waals surface area contributed by atoms with Gasteiger partial charge in [-0.05, 0) is 69.3 Å². The quantitative estimate of drug-likeness (QED) is 0.849. The highest BCUT2D eigenvalue weighted by atomic mass is 32.2. The molecule has 1 saturated carbocycles. The van der Waals surface area contributed by atoms with E-state index in [1.807, 2.05) is 39.8 Å². The first kappa shape index (κ1) is 16.5. The Morgan fingerprint density at radius 3 is 2.38 bits per heavy atom. The summed E-state index contributed by atoms with van der Waals surface area (Å²) in [5, 5.41) is 3.26. The summed E-state index contributed by atoms with van der Waals surface area (Å²) in [5.74, 6) is 0. The molecule has 0 spiro atoms. The summed E-state index contributed by atoms with van der Waals surface area (Å²) in [4.78, 5) is 0.411. The number of sulfonamides is 1. The summed E-state index contributed by atoms with van der Waals surface area (Å²) in [6.07, 6.45) is 2.93. The fourth-order valence-corrected chi connectivity index (χ4v) is 4.55. The molecule has 2 rings (SSSR count). The van der Waals surface area contributed by atoms with Crippen molar-refractivity contribution < 1.29 is 8.42 Å². The molecule has 0 aromatic heterocycles. The average Bonchev–Trinajstić information content (AvgIpc) is 2.35. The topological polar surface area (TPSA) is 58.2 Å². The molecule has 21 heavy (non-hydrogen) atoms. The normalized spacial score (nSPS) is 17.5. The van der Waals surface area contributed by atoms with E-state index in [0.717, 1.165) is 42.5 Å². The van der Waals surface area contributed by atoms with Crippen molar-refractivity contribution >= 4 is 10.0 Å². The molecule has 0 radical (unpaired) electrons. The van der Waals surface area contributed by atoms with E-state index < -0.39 is 10.0 Å². The first-order valence-electron chi connectivity index (χ1n) is 7.62. The molecule has 0 saturated heterocycles. The lowest BCUT2D eigenvalue weighted by atomic mass is 9.80. The molecule has 1 aromatic rings. The van der Waals surface area contributed by atoms with Gasteiger partial charge in [-0.25, -0.2) is 13.1 Å². The molecule has 1 aromatic carbocycles. The van der Waals surface area contributed by atoms with E-state index in [1.54, 1.807) is 0 Å². The summed E-state index contributed by atoms with van der Waals surface area (Å²) in [7, 11) is -3.45. The van der Waals surface area contributed by atoms with E-state index in [1.165, 1.54) is 0 Å². The lowest BCUT2D eigenvalue weighted by Crippen LogP contribution is -2.50. The maximum atomic E-state index is 12.7. The Hall–Kier alpha value is -0.910. The fourth-order valence-electron chi connectivity index (χ4n) is 2.80. The number of nitrogens with one attached hydrogen (secondary N) is 2. The van der Waals surface area contributed by atoms with Gasteiger partial charge in [0.05, 0.1) is 4.90 Å². The Labute approximate surface area is 128 Å². The third-order valence-electron chi connectivity index (χ3n) is 4.33. The summed E-state index contributed by atoms with van der Waals surface area (Å²) in [6.45, 7) is 9.48. The van der Waals surface area contributed by atoms with Crippen LogP contribution in [0.4, 0.5) is 0 Å². The Morgan fingerprint density at radius 2 is 1.86 bits per heavy atom. The van der Waals surface area contributed by atoms with Gasteiger partial charge in [-0.1, -0.05) is 13.0 Å². The van der Waals surface area contributed by atoms with Gasteiger partial charge >= 0.3 is 0 Å². The second-order valence-electron chi connectivity index (χ2n) is 6.34. The van der Waals surface area contributed by atoms with Crippen LogP contribution in [-0.4, -0.2) is 20.5 Å². The molecule has 4 nitrogen and oxygen atoms in total. The summed E-state index contributed by atoms with van der Waals surface area (Å²) >= 11 is 0. The van der Waals surface area contributed by atoms with Crippen LogP contribution in [0.3, 0.4) is 0 Å². The molecule has 0 atom stereocenters. The maximum absolute atomic E-state index is 12.7. The molecule has 0 heterocycles. The van der Waals surface area contributed by atoms with Crippen LogP contribution in [0.2, 0.25) is 0 Å². The average molecular weight is 310 g/mol. The maximum Gasteiger partial charge on any atom is 0.241 e. The standard InChI is InChI=1S/C16H26N2O2S/c1-5-17-11-14-10-15(13(3)9-12(14)2)21(19,20)18-16(4)7-6-8-16/h9-10,17-18H,5-8,11H2,1-4H3. The summed E-state index contributed by atoms with van der Waals surface area (Å²) in [6, 6.07) is 3.78. The van der Waals surface area contributed by atoms with Crippen LogP contribution in [0.1, 0.15) is 49.8 Å². The molecule has 1 aliphatic carbocycles. The van der Waals surface area contributed by atoms with E-state index in [4.69, 9.17) is 0 Å². The molecule has 0 unspecified atom stereocenters. The number of aryl methyl sites for hydroxylation is 2. The van der Waals surface area contributed by atoms with Crippen molar-refractivity contribution in [1.29, 1.82) is 0 Å². The molecular formula is C16H26N2O2S. The highest BCUT2D eigenvalue weighted by molar-refractivity contribution is 7.89. The van der Waals surface area contributed by atoms with Crippen LogP contribution >= 0.6 is 0 Å². The van der Waals surface area contributed by atoms with Crippen molar-refractivity contribution in [1.82, 2.24) is 10.0 Å². The van der Waals surface area contributed by atoms with E-state index in [9.17, 15) is 8.42 Å². The molecule has 1 aliphatic rings. The Kier molecular flexibility index (Phi) is 4.76. The zero-order chi connectivity index (χ0) is 15.7. The smallest absolute Gasteiger partial charge is 0.241 e. The number of rotatable bonds is 6. The molecular weight excluding hydrogens is 284 g/mol. The van der Waals surface area contributed by atoms with Crippen LogP contribution < -0.4 is 10.0 Å². The van der Waals surface area contributed by atoms with Crippen LogP contribution in [0.25, 0.3) is 0 Å². The Morgan fingerprint density at radius 1 is 1.19 bits per heavy atom. The number of hydrogen-bond donors (Lipinski definition) is 2. The largest absolute Gasteiger partial charge is 0.313 e. The third-order valence-corrected chi connectivity index (χ3v) is 6.11. The van der Waals surface area contributed by atoms with Gasteiger partial charge in [-0.3, -0.25) is 0 Å². The monoisotopic (exact) mass is 310 g/mol. The van der Waals surface area contributed by atoms with Gasteiger partial charge in [-0.2, -0.15) is 0 Å². The van der Waals surface area contributed by atoms with Crippen molar-refractivity contribution in [3.8, 4) is 0 Å². The van der Waals surface area contributed by atoms with Crippen LogP contribution in [0.15, 0.2) is 17.0 Å². The van der Waals surface area contributed by atoms with E-state index in [0.29, 0.717) is 11.4 Å². The van der Waals surface area contributed by atoms with E-state index in [2.05, 4.69) is 10.0 Å². The van der Waals surface area contributed by atoms with Gasteiger partial charge in [0.2, 0.25) is 10.0 Å². The third kappa shape index (κ3) is 3.65. The van der Waals surface area contributed by atoms with Gasteiger partial charge in [0, 0.05) is 12.1 Å². The molecule has 5 heteroatoms. The minimum absolute atomic E-state index is 0.266. The first-order chi connectivity index (χ1) is 9.77. The van der Waals surface area contributed by atoms with E-state index in [-0.39, 0.29) is 5.54 Å². The second kappa shape index (κ2) is 6.07. The van der Waals surface area contributed by atoms with Crippen molar-refractivity contribution in [3.63, 3.8) is 0 Å². The second-order valence-corrected chi connectivity index (χ2v) is 8.00. The van der Waals surface area contributed by atoms with Crippen molar-refractivity contribution in [3.05, 3.63) is 28.8 Å². The lowest BCUT2D eigenvalue weighted by molar-refractivity contribution is 0.248. The van der Waals surface area contributed by atoms with Crippen molar-refractivity contribution in [2.75, 3.05) is 6.54 Å². The molecule has 1 fully saturated rings. The summed E-state index contributed by atoms with van der Waals surface area (Å²) in [5.41, 5.74) is 2.71. The molecule has 118 valence electrons. The fraction of sp³-hybridized carbons (Fsp3) is 0.625. The van der Waals surface area contributed by atoms with Crippen molar-refractivity contribution in [2.45, 2.75) is 63.9 Å². The highest BCUT2D eigenvalue weighted by Gasteiger charge is 2.36. The molecule has 0 amide bonds. The van der Waals surface area contributed by atoms with E-state index >= 15 is 0 Å². The Balaban J connectivity index is 2.33. The minimum atomic E-state index is -3.45. The van der Waals surface area contributed by atoms with Gasteiger partial charge in [0.1, 0.15) is 0 Å². The molecule has 2 N–H and O–H groups in total. The SMILES string of the molecule is CCNCc1cc(S(=O)(=O)NC2(C)CCC2)c(C)cc1C. The molecule has 0 bridgehead atoms. The van der Waals surface area contributed by atoms with Crippen LogP contribution in [0, 0.1) is 13.8 Å². The zero-order valence-electron chi connectivity index (χ0n) is 13.4. The number of benzene rings is 1. The van der Waals surface area contributed by atoms with Gasteiger partial charge in [-0.15, -0.1) is 0 Å².